The van der Waals surface area contributed by atoms with E-state index in [1.807, 2.05) is 24.3 Å². The number of anilines is 1. The third kappa shape index (κ3) is 2.90. The summed E-state index contributed by atoms with van der Waals surface area (Å²) in [7, 11) is 0. The molecule has 4 nitrogen and oxygen atoms in total. The van der Waals surface area contributed by atoms with Crippen LogP contribution >= 0.6 is 0 Å². The summed E-state index contributed by atoms with van der Waals surface area (Å²) >= 11 is 0. The molecule has 0 bridgehead atoms. The van der Waals surface area contributed by atoms with Gasteiger partial charge >= 0.3 is 0 Å². The summed E-state index contributed by atoms with van der Waals surface area (Å²) in [5.74, 6) is 1.76. The van der Waals surface area contributed by atoms with Crippen LogP contribution in [0.1, 0.15) is 31.3 Å². The van der Waals surface area contributed by atoms with E-state index < -0.39 is 6.10 Å². The first-order valence-corrected chi connectivity index (χ1v) is 6.12. The van der Waals surface area contributed by atoms with E-state index >= 15 is 0 Å². The zero-order chi connectivity index (χ0) is 13.0. The van der Waals surface area contributed by atoms with Gasteiger partial charge in [0.2, 0.25) is 0 Å². The molecule has 1 atom stereocenters. The Balaban J connectivity index is 2.19. The summed E-state index contributed by atoms with van der Waals surface area (Å²) in [4.78, 5) is 6.45. The van der Waals surface area contributed by atoms with Gasteiger partial charge in [-0.2, -0.15) is 0 Å². The Bertz CT molecular complexity index is 480. The number of hydrogen-bond donors (Lipinski definition) is 1. The van der Waals surface area contributed by atoms with Crippen molar-refractivity contribution < 1.29 is 9.52 Å². The fourth-order valence-corrected chi connectivity index (χ4v) is 1.81. The van der Waals surface area contributed by atoms with Crippen molar-refractivity contribution in [1.82, 2.24) is 4.98 Å². The summed E-state index contributed by atoms with van der Waals surface area (Å²) in [6.07, 6.45) is 2.92. The number of nitrogens with zero attached hydrogens (tertiary/aromatic N) is 2. The number of furan rings is 1. The van der Waals surface area contributed by atoms with Gasteiger partial charge < -0.3 is 14.4 Å². The number of aliphatic hydroxyl groups excluding tert-OH is 1. The molecule has 0 aliphatic carbocycles. The van der Waals surface area contributed by atoms with E-state index in [0.717, 1.165) is 23.7 Å². The summed E-state index contributed by atoms with van der Waals surface area (Å²) in [5.41, 5.74) is 0.873. The Morgan fingerprint density at radius 3 is 2.89 bits per heavy atom. The van der Waals surface area contributed by atoms with Gasteiger partial charge in [0.15, 0.2) is 0 Å². The SMILES string of the molecule is CCN(Cc1ccco1)c1cc([C@H](C)O)ccn1. The lowest BCUT2D eigenvalue weighted by atomic mass is 10.1. The van der Waals surface area contributed by atoms with Crippen molar-refractivity contribution in [2.24, 2.45) is 0 Å². The molecule has 0 aromatic carbocycles. The third-order valence-electron chi connectivity index (χ3n) is 2.88. The average Bonchev–Trinajstić information content (AvgIpc) is 2.89. The van der Waals surface area contributed by atoms with Crippen molar-refractivity contribution in [3.8, 4) is 0 Å². The predicted molar refractivity (Wildman–Crippen MR) is 70.3 cm³/mol. The largest absolute Gasteiger partial charge is 0.467 e. The molecule has 2 aromatic heterocycles. The lowest BCUT2D eigenvalue weighted by molar-refractivity contribution is 0.199. The van der Waals surface area contributed by atoms with Crippen LogP contribution in [0.5, 0.6) is 0 Å². The molecular weight excluding hydrogens is 228 g/mol. The monoisotopic (exact) mass is 246 g/mol. The Hall–Kier alpha value is -1.81. The zero-order valence-electron chi connectivity index (χ0n) is 10.7. The van der Waals surface area contributed by atoms with Crippen LogP contribution in [0.2, 0.25) is 0 Å². The molecule has 0 unspecified atom stereocenters. The normalized spacial score (nSPS) is 12.4. The molecule has 1 N–H and O–H groups in total. The van der Waals surface area contributed by atoms with E-state index in [1.54, 1.807) is 19.4 Å². The smallest absolute Gasteiger partial charge is 0.129 e. The molecule has 0 fully saturated rings. The first kappa shape index (κ1) is 12.6. The van der Waals surface area contributed by atoms with Gasteiger partial charge in [0, 0.05) is 12.7 Å². The lowest BCUT2D eigenvalue weighted by Gasteiger charge is -2.21. The molecule has 0 aliphatic rings. The molecule has 0 saturated heterocycles. The number of rotatable bonds is 5. The number of aliphatic hydroxyl groups is 1. The maximum Gasteiger partial charge on any atom is 0.129 e. The van der Waals surface area contributed by atoms with E-state index in [2.05, 4.69) is 16.8 Å². The predicted octanol–water partition coefficient (Wildman–Crippen LogP) is 2.75. The van der Waals surface area contributed by atoms with Gasteiger partial charge in [-0.25, -0.2) is 4.98 Å². The summed E-state index contributed by atoms with van der Waals surface area (Å²) in [5, 5.41) is 9.59. The minimum Gasteiger partial charge on any atom is -0.467 e. The quantitative estimate of drug-likeness (QED) is 0.881. The second-order valence-corrected chi connectivity index (χ2v) is 4.22. The maximum atomic E-state index is 9.59. The molecule has 96 valence electrons. The first-order chi connectivity index (χ1) is 8.70. The Morgan fingerprint density at radius 2 is 2.28 bits per heavy atom. The molecule has 2 rings (SSSR count). The lowest BCUT2D eigenvalue weighted by Crippen LogP contribution is -2.23. The van der Waals surface area contributed by atoms with Gasteiger partial charge in [0.1, 0.15) is 11.6 Å². The van der Waals surface area contributed by atoms with Crippen molar-refractivity contribution in [3.05, 3.63) is 48.0 Å². The van der Waals surface area contributed by atoms with Crippen LogP contribution in [-0.2, 0) is 6.54 Å². The molecule has 2 heterocycles. The highest BCUT2D eigenvalue weighted by molar-refractivity contribution is 5.41. The van der Waals surface area contributed by atoms with Crippen LogP contribution in [0.3, 0.4) is 0 Å². The van der Waals surface area contributed by atoms with E-state index in [-0.39, 0.29) is 0 Å². The van der Waals surface area contributed by atoms with Gasteiger partial charge in [-0.15, -0.1) is 0 Å². The topological polar surface area (TPSA) is 49.5 Å². The fourth-order valence-electron chi connectivity index (χ4n) is 1.81. The standard InChI is InChI=1S/C14H18N2O2/c1-3-16(10-13-5-4-8-18-13)14-9-12(11(2)17)6-7-15-14/h4-9,11,17H,3,10H2,1-2H3/t11-/m0/s1. The fraction of sp³-hybridized carbons (Fsp3) is 0.357. The molecule has 0 spiro atoms. The van der Waals surface area contributed by atoms with Crippen molar-refractivity contribution in [2.45, 2.75) is 26.5 Å². The molecule has 0 aliphatic heterocycles. The number of aromatic nitrogens is 1. The molecule has 0 radical (unpaired) electrons. The Kier molecular flexibility index (Phi) is 3.99. The molecule has 0 saturated carbocycles. The average molecular weight is 246 g/mol. The molecule has 4 heteroatoms. The van der Waals surface area contributed by atoms with Gasteiger partial charge in [-0.05, 0) is 43.7 Å². The third-order valence-corrected chi connectivity index (χ3v) is 2.88. The van der Waals surface area contributed by atoms with Crippen molar-refractivity contribution in [1.29, 1.82) is 0 Å². The van der Waals surface area contributed by atoms with Gasteiger partial charge in [0.25, 0.3) is 0 Å². The van der Waals surface area contributed by atoms with Crippen LogP contribution in [-0.4, -0.2) is 16.6 Å². The second kappa shape index (κ2) is 5.69. The van der Waals surface area contributed by atoms with Crippen LogP contribution in [0.15, 0.2) is 41.1 Å². The minimum atomic E-state index is -0.478. The summed E-state index contributed by atoms with van der Waals surface area (Å²) in [6, 6.07) is 7.57. The zero-order valence-corrected chi connectivity index (χ0v) is 10.7. The molecular formula is C14H18N2O2. The van der Waals surface area contributed by atoms with Gasteiger partial charge in [-0.1, -0.05) is 0 Å². The van der Waals surface area contributed by atoms with Crippen LogP contribution < -0.4 is 4.90 Å². The number of pyridine rings is 1. The Labute approximate surface area is 107 Å². The first-order valence-electron chi connectivity index (χ1n) is 6.12. The summed E-state index contributed by atoms with van der Waals surface area (Å²) < 4.78 is 5.35. The second-order valence-electron chi connectivity index (χ2n) is 4.22. The van der Waals surface area contributed by atoms with E-state index in [0.29, 0.717) is 6.54 Å². The Morgan fingerprint density at radius 1 is 1.44 bits per heavy atom. The van der Waals surface area contributed by atoms with Gasteiger partial charge in [0.05, 0.1) is 18.9 Å². The molecule has 2 aromatic rings. The maximum absolute atomic E-state index is 9.59. The van der Waals surface area contributed by atoms with Crippen LogP contribution in [0, 0.1) is 0 Å². The highest BCUT2D eigenvalue weighted by Crippen LogP contribution is 2.19. The van der Waals surface area contributed by atoms with Crippen LogP contribution in [0.4, 0.5) is 5.82 Å². The van der Waals surface area contributed by atoms with Gasteiger partial charge in [-0.3, -0.25) is 0 Å². The molecule has 0 amide bonds. The van der Waals surface area contributed by atoms with E-state index in [4.69, 9.17) is 4.42 Å². The summed E-state index contributed by atoms with van der Waals surface area (Å²) in [6.45, 7) is 5.33. The van der Waals surface area contributed by atoms with Crippen molar-refractivity contribution >= 4 is 5.82 Å². The van der Waals surface area contributed by atoms with Crippen molar-refractivity contribution in [2.75, 3.05) is 11.4 Å². The van der Waals surface area contributed by atoms with Crippen LogP contribution in [0.25, 0.3) is 0 Å². The highest BCUT2D eigenvalue weighted by atomic mass is 16.3. The van der Waals surface area contributed by atoms with Crippen molar-refractivity contribution in [3.63, 3.8) is 0 Å². The number of hydrogen-bond acceptors (Lipinski definition) is 4. The highest BCUT2D eigenvalue weighted by Gasteiger charge is 2.10. The molecule has 18 heavy (non-hydrogen) atoms. The van der Waals surface area contributed by atoms with E-state index in [9.17, 15) is 5.11 Å². The minimum absolute atomic E-state index is 0.478. The van der Waals surface area contributed by atoms with E-state index in [1.165, 1.54) is 0 Å².